The van der Waals surface area contributed by atoms with Gasteiger partial charge < -0.3 is 19.9 Å². The van der Waals surface area contributed by atoms with Gasteiger partial charge in [-0.05, 0) is 50.8 Å². The highest BCUT2D eigenvalue weighted by atomic mass is 16.7. The minimum Gasteiger partial charge on any atom is -0.512 e. The van der Waals surface area contributed by atoms with E-state index in [-0.39, 0.29) is 37.4 Å². The van der Waals surface area contributed by atoms with E-state index < -0.39 is 17.9 Å². The van der Waals surface area contributed by atoms with Crippen LogP contribution >= 0.6 is 0 Å². The Morgan fingerprint density at radius 2 is 1.97 bits per heavy atom. The fraction of sp³-hybridized carbons (Fsp3) is 0.478. The Bertz CT molecular complexity index is 775. The molecule has 0 aromatic heterocycles. The topological polar surface area (TPSA) is 117 Å². The van der Waals surface area contributed by atoms with Crippen molar-refractivity contribution in [2.24, 2.45) is 11.8 Å². The molecule has 0 fully saturated rings. The number of hydrogen-bond acceptors (Lipinski definition) is 6. The molecule has 0 bridgehead atoms. The number of amides is 2. The molecule has 2 rings (SSSR count). The Morgan fingerprint density at radius 3 is 2.61 bits per heavy atom. The molecule has 3 atom stereocenters. The highest BCUT2D eigenvalue weighted by Crippen LogP contribution is 2.26. The zero-order chi connectivity index (χ0) is 22.6. The first-order valence-electron chi connectivity index (χ1n) is 10.5. The lowest BCUT2D eigenvalue weighted by molar-refractivity contribution is -0.134. The number of nitrogens with one attached hydrogen (secondary N) is 2. The van der Waals surface area contributed by atoms with Crippen molar-refractivity contribution in [2.45, 2.75) is 39.2 Å². The van der Waals surface area contributed by atoms with Crippen LogP contribution in [0.1, 0.15) is 42.1 Å². The molecule has 4 N–H and O–H groups in total. The molecule has 0 saturated carbocycles. The molecular formula is C23H32N2O6. The summed E-state index contributed by atoms with van der Waals surface area (Å²) in [4.78, 5) is 25.0. The number of hydroxylamine groups is 1. The zero-order valence-corrected chi connectivity index (χ0v) is 18.0. The predicted molar refractivity (Wildman–Crippen MR) is 115 cm³/mol. The Morgan fingerprint density at radius 1 is 1.23 bits per heavy atom. The first-order chi connectivity index (χ1) is 14.9. The summed E-state index contributed by atoms with van der Waals surface area (Å²) in [6.07, 6.45) is 6.37. The molecule has 1 aromatic carbocycles. The molecule has 0 saturated heterocycles. The van der Waals surface area contributed by atoms with Crippen molar-refractivity contribution in [3.05, 3.63) is 59.4 Å². The molecule has 0 aliphatic heterocycles. The molecule has 1 aromatic rings. The number of benzene rings is 1. The monoisotopic (exact) mass is 432 g/mol. The Labute approximate surface area is 182 Å². The van der Waals surface area contributed by atoms with E-state index in [0.29, 0.717) is 25.0 Å². The van der Waals surface area contributed by atoms with Gasteiger partial charge in [0.15, 0.2) is 0 Å². The van der Waals surface area contributed by atoms with E-state index in [4.69, 9.17) is 9.47 Å². The Kier molecular flexibility index (Phi) is 10.2. The number of carbonyl (C=O) groups excluding carboxylic acids is 2. The number of ether oxygens (including phenoxy) is 2. The van der Waals surface area contributed by atoms with E-state index in [1.165, 1.54) is 0 Å². The third-order valence-electron chi connectivity index (χ3n) is 5.12. The van der Waals surface area contributed by atoms with Gasteiger partial charge in [-0.1, -0.05) is 29.8 Å². The third-order valence-corrected chi connectivity index (χ3v) is 5.12. The van der Waals surface area contributed by atoms with Gasteiger partial charge in [0.25, 0.3) is 5.91 Å². The van der Waals surface area contributed by atoms with E-state index in [1.807, 2.05) is 32.1 Å². The second-order valence-corrected chi connectivity index (χ2v) is 7.67. The van der Waals surface area contributed by atoms with E-state index in [2.05, 4.69) is 5.32 Å². The van der Waals surface area contributed by atoms with E-state index >= 15 is 0 Å². The van der Waals surface area contributed by atoms with Crippen molar-refractivity contribution in [2.75, 3.05) is 20.0 Å². The fourth-order valence-electron chi connectivity index (χ4n) is 3.48. The molecule has 31 heavy (non-hydrogen) atoms. The van der Waals surface area contributed by atoms with Gasteiger partial charge in [-0.2, -0.15) is 0 Å². The molecule has 8 heteroatoms. The predicted octanol–water partition coefficient (Wildman–Crippen LogP) is 3.02. The van der Waals surface area contributed by atoms with Gasteiger partial charge >= 0.3 is 0 Å². The highest BCUT2D eigenvalue weighted by Gasteiger charge is 2.27. The molecular weight excluding hydrogens is 400 g/mol. The van der Waals surface area contributed by atoms with Crippen LogP contribution < -0.4 is 10.8 Å². The van der Waals surface area contributed by atoms with Crippen LogP contribution in [-0.4, -0.2) is 48.2 Å². The third kappa shape index (κ3) is 8.53. The van der Waals surface area contributed by atoms with Crippen molar-refractivity contribution in [3.63, 3.8) is 0 Å². The van der Waals surface area contributed by atoms with Crippen LogP contribution in [0.4, 0.5) is 0 Å². The van der Waals surface area contributed by atoms with Gasteiger partial charge in [0, 0.05) is 24.5 Å². The SMILES string of the molecule is CCOCOC[C@H](C[C@H](CC1C=CC=C(O)C1)C(=O)NO)NC(=O)c1ccc(C)cc1. The van der Waals surface area contributed by atoms with Crippen LogP contribution in [-0.2, 0) is 14.3 Å². The number of aliphatic hydroxyl groups excluding tert-OH is 1. The lowest BCUT2D eigenvalue weighted by atomic mass is 9.85. The first-order valence-corrected chi connectivity index (χ1v) is 10.5. The Hall–Kier alpha value is -2.68. The minimum atomic E-state index is -0.593. The molecule has 0 spiro atoms. The van der Waals surface area contributed by atoms with E-state index in [9.17, 15) is 19.9 Å². The van der Waals surface area contributed by atoms with Crippen molar-refractivity contribution in [1.82, 2.24) is 10.8 Å². The van der Waals surface area contributed by atoms with Crippen LogP contribution in [0.15, 0.2) is 48.3 Å². The first kappa shape index (κ1) is 24.6. The van der Waals surface area contributed by atoms with E-state index in [0.717, 1.165) is 5.56 Å². The second kappa shape index (κ2) is 12.9. The van der Waals surface area contributed by atoms with Gasteiger partial charge in [0.05, 0.1) is 18.4 Å². The van der Waals surface area contributed by atoms with Gasteiger partial charge in [-0.15, -0.1) is 0 Å². The summed E-state index contributed by atoms with van der Waals surface area (Å²) in [7, 11) is 0. The van der Waals surface area contributed by atoms with Crippen molar-refractivity contribution >= 4 is 11.8 Å². The normalized spacial score (nSPS) is 17.5. The zero-order valence-electron chi connectivity index (χ0n) is 18.0. The fourth-order valence-corrected chi connectivity index (χ4v) is 3.48. The summed E-state index contributed by atoms with van der Waals surface area (Å²) >= 11 is 0. The molecule has 1 aliphatic rings. The summed E-state index contributed by atoms with van der Waals surface area (Å²) in [6, 6.07) is 6.71. The number of aliphatic hydroxyl groups is 1. The lowest BCUT2D eigenvalue weighted by Crippen LogP contribution is -2.42. The molecule has 8 nitrogen and oxygen atoms in total. The summed E-state index contributed by atoms with van der Waals surface area (Å²) < 4.78 is 10.7. The summed E-state index contributed by atoms with van der Waals surface area (Å²) in [5.41, 5.74) is 3.28. The van der Waals surface area contributed by atoms with Crippen molar-refractivity contribution < 1.29 is 29.4 Å². The number of rotatable bonds is 12. The van der Waals surface area contributed by atoms with Gasteiger partial charge in [-0.3, -0.25) is 14.8 Å². The maximum Gasteiger partial charge on any atom is 0.251 e. The molecule has 0 radical (unpaired) electrons. The molecule has 170 valence electrons. The van der Waals surface area contributed by atoms with Crippen molar-refractivity contribution in [1.29, 1.82) is 0 Å². The second-order valence-electron chi connectivity index (χ2n) is 7.67. The number of allylic oxidation sites excluding steroid dienone is 4. The molecule has 0 heterocycles. The maximum atomic E-state index is 12.7. The summed E-state index contributed by atoms with van der Waals surface area (Å²) in [5.74, 6) is -1.21. The smallest absolute Gasteiger partial charge is 0.251 e. The molecule has 1 aliphatic carbocycles. The average molecular weight is 433 g/mol. The number of aryl methyl sites for hydroxylation is 1. The molecule has 1 unspecified atom stereocenters. The highest BCUT2D eigenvalue weighted by molar-refractivity contribution is 5.94. The van der Waals surface area contributed by atoms with Crippen LogP contribution in [0.2, 0.25) is 0 Å². The van der Waals surface area contributed by atoms with E-state index in [1.54, 1.807) is 29.8 Å². The quantitative estimate of drug-likeness (QED) is 0.175. The van der Waals surface area contributed by atoms with Crippen LogP contribution in [0.25, 0.3) is 0 Å². The average Bonchev–Trinajstić information content (AvgIpc) is 2.76. The van der Waals surface area contributed by atoms with Gasteiger partial charge in [0.1, 0.15) is 6.79 Å². The Balaban J connectivity index is 2.08. The summed E-state index contributed by atoms with van der Waals surface area (Å²) in [5, 5.41) is 21.9. The summed E-state index contributed by atoms with van der Waals surface area (Å²) in [6.45, 7) is 4.52. The number of carbonyl (C=O) groups is 2. The molecule has 2 amide bonds. The van der Waals surface area contributed by atoms with Gasteiger partial charge in [-0.25, -0.2) is 5.48 Å². The van der Waals surface area contributed by atoms with Crippen LogP contribution in [0, 0.1) is 18.8 Å². The standard InChI is InChI=1S/C23H32N2O6/c1-3-30-15-31-14-20(24-22(27)18-9-7-16(2)8-10-18)13-19(23(28)25-29)11-17-5-4-6-21(26)12-17/h4-10,17,19-20,26,29H,3,11-15H2,1-2H3,(H,24,27)(H,25,28)/t17?,19-,20-/m0/s1. The largest absolute Gasteiger partial charge is 0.512 e. The van der Waals surface area contributed by atoms with Crippen LogP contribution in [0.5, 0.6) is 0 Å². The number of hydrogen-bond donors (Lipinski definition) is 4. The maximum absolute atomic E-state index is 12.7. The lowest BCUT2D eigenvalue weighted by Gasteiger charge is -2.26. The van der Waals surface area contributed by atoms with Gasteiger partial charge in [0.2, 0.25) is 5.91 Å². The van der Waals surface area contributed by atoms with Crippen molar-refractivity contribution in [3.8, 4) is 0 Å². The van der Waals surface area contributed by atoms with Crippen LogP contribution in [0.3, 0.4) is 0 Å². The minimum absolute atomic E-state index is 0.0508.